The molecule has 1 aliphatic heterocycles. The number of rotatable bonds is 3. The van der Waals surface area contributed by atoms with Crippen LogP contribution in [0.15, 0.2) is 60.7 Å². The van der Waals surface area contributed by atoms with Crippen LogP contribution in [0.4, 0.5) is 9.18 Å². The molecule has 0 saturated carbocycles. The van der Waals surface area contributed by atoms with E-state index in [0.29, 0.717) is 5.56 Å². The SMILES string of the molecule is Cc1cc(F)cc(C2(CC3c4ccccc4-c4ccccc43)C(=O)CCN2C(=O)O)c1Cl. The lowest BCUT2D eigenvalue weighted by Gasteiger charge is -2.39. The largest absolute Gasteiger partial charge is 0.465 e. The molecule has 1 unspecified atom stereocenters. The van der Waals surface area contributed by atoms with Crippen molar-refractivity contribution in [3.8, 4) is 11.1 Å². The molecule has 0 aromatic heterocycles. The second-order valence-corrected chi connectivity index (χ2v) is 8.86. The van der Waals surface area contributed by atoms with E-state index in [1.54, 1.807) is 6.92 Å². The van der Waals surface area contributed by atoms with Crippen LogP contribution in [0.1, 0.15) is 41.0 Å². The highest BCUT2D eigenvalue weighted by Gasteiger charge is 2.55. The molecule has 0 spiro atoms. The molecule has 1 fully saturated rings. The molecule has 32 heavy (non-hydrogen) atoms. The first-order chi connectivity index (χ1) is 15.3. The molecule has 0 radical (unpaired) electrons. The maximum absolute atomic E-state index is 14.5. The molecule has 3 aromatic rings. The molecule has 6 heteroatoms. The van der Waals surface area contributed by atoms with Crippen molar-refractivity contribution in [1.82, 2.24) is 4.90 Å². The number of hydrogen-bond donors (Lipinski definition) is 1. The fraction of sp³-hybridized carbons (Fsp3) is 0.231. The number of aryl methyl sites for hydroxylation is 1. The van der Waals surface area contributed by atoms with Crippen LogP contribution in [0, 0.1) is 12.7 Å². The molecular formula is C26H21ClFNO3. The maximum Gasteiger partial charge on any atom is 0.408 e. The number of carboxylic acid groups (broad SMARTS) is 1. The maximum atomic E-state index is 14.5. The minimum Gasteiger partial charge on any atom is -0.465 e. The van der Waals surface area contributed by atoms with Gasteiger partial charge in [0.1, 0.15) is 11.4 Å². The number of carbonyl (C=O) groups is 2. The fourth-order valence-electron chi connectivity index (χ4n) is 5.45. The van der Waals surface area contributed by atoms with Gasteiger partial charge < -0.3 is 5.11 Å². The molecular weight excluding hydrogens is 429 g/mol. The van der Waals surface area contributed by atoms with Gasteiger partial charge in [-0.1, -0.05) is 60.1 Å². The van der Waals surface area contributed by atoms with Crippen molar-refractivity contribution < 1.29 is 19.1 Å². The molecule has 1 amide bonds. The summed E-state index contributed by atoms with van der Waals surface area (Å²) in [5, 5.41) is 10.3. The molecule has 162 valence electrons. The first kappa shape index (κ1) is 20.7. The summed E-state index contributed by atoms with van der Waals surface area (Å²) < 4.78 is 14.5. The van der Waals surface area contributed by atoms with E-state index in [-0.39, 0.29) is 41.7 Å². The number of likely N-dealkylation sites (tertiary alicyclic amines) is 1. The second-order valence-electron chi connectivity index (χ2n) is 8.48. The van der Waals surface area contributed by atoms with Crippen LogP contribution in [-0.4, -0.2) is 28.4 Å². The van der Waals surface area contributed by atoms with E-state index in [9.17, 15) is 19.1 Å². The Morgan fingerprint density at radius 2 is 1.72 bits per heavy atom. The van der Waals surface area contributed by atoms with Gasteiger partial charge in [0.15, 0.2) is 5.78 Å². The minimum atomic E-state index is -1.56. The van der Waals surface area contributed by atoms with Crippen LogP contribution in [0.3, 0.4) is 0 Å². The Morgan fingerprint density at radius 1 is 1.12 bits per heavy atom. The van der Waals surface area contributed by atoms with Gasteiger partial charge in [-0.05, 0) is 53.3 Å². The van der Waals surface area contributed by atoms with Gasteiger partial charge in [-0.3, -0.25) is 9.69 Å². The third kappa shape index (κ3) is 2.88. The van der Waals surface area contributed by atoms with Crippen molar-refractivity contribution in [2.45, 2.75) is 31.2 Å². The highest BCUT2D eigenvalue weighted by Crippen LogP contribution is 2.53. The van der Waals surface area contributed by atoms with Gasteiger partial charge in [0.05, 0.1) is 0 Å². The van der Waals surface area contributed by atoms with Gasteiger partial charge in [0, 0.05) is 29.5 Å². The summed E-state index contributed by atoms with van der Waals surface area (Å²) in [6.07, 6.45) is -0.989. The molecule has 1 heterocycles. The van der Waals surface area contributed by atoms with Crippen molar-refractivity contribution in [3.05, 3.63) is 93.8 Å². The van der Waals surface area contributed by atoms with E-state index in [1.165, 1.54) is 12.1 Å². The third-order valence-electron chi connectivity index (χ3n) is 6.84. The first-order valence-electron chi connectivity index (χ1n) is 10.5. The Kier molecular flexibility index (Phi) is 4.82. The van der Waals surface area contributed by atoms with Crippen molar-refractivity contribution >= 4 is 23.5 Å². The fourth-order valence-corrected chi connectivity index (χ4v) is 5.72. The number of halogens is 2. The van der Waals surface area contributed by atoms with Crippen molar-refractivity contribution in [1.29, 1.82) is 0 Å². The van der Waals surface area contributed by atoms with Gasteiger partial charge in [-0.2, -0.15) is 0 Å². The highest BCUT2D eigenvalue weighted by atomic mass is 35.5. The number of benzene rings is 3. The Bertz CT molecular complexity index is 1230. The van der Waals surface area contributed by atoms with Gasteiger partial charge >= 0.3 is 6.09 Å². The van der Waals surface area contributed by atoms with Crippen LogP contribution in [0.25, 0.3) is 11.1 Å². The van der Waals surface area contributed by atoms with Gasteiger partial charge in [-0.25, -0.2) is 9.18 Å². The predicted octanol–water partition coefficient (Wildman–Crippen LogP) is 6.14. The lowest BCUT2D eigenvalue weighted by Crippen LogP contribution is -2.49. The highest BCUT2D eigenvalue weighted by molar-refractivity contribution is 6.32. The average Bonchev–Trinajstić information content (AvgIpc) is 3.27. The molecule has 1 N–H and O–H groups in total. The Morgan fingerprint density at radius 3 is 2.31 bits per heavy atom. The molecule has 1 saturated heterocycles. The Labute approximate surface area is 190 Å². The van der Waals surface area contributed by atoms with Crippen LogP contribution in [0.5, 0.6) is 0 Å². The molecule has 4 nitrogen and oxygen atoms in total. The van der Waals surface area contributed by atoms with Gasteiger partial charge in [0.2, 0.25) is 0 Å². The van der Waals surface area contributed by atoms with Crippen molar-refractivity contribution in [2.24, 2.45) is 0 Å². The molecule has 0 bridgehead atoms. The standard InChI is InChI=1S/C26H21ClFNO3/c1-15-12-16(28)13-22(24(15)27)26(23(30)10-11-29(26)25(31)32)14-21-19-8-4-2-6-17(19)18-7-3-5-9-20(18)21/h2-9,12-13,21H,10-11,14H2,1H3,(H,31,32). The molecule has 1 atom stereocenters. The number of amides is 1. The number of Topliss-reactive ketones (excluding diaryl/α,β-unsaturated/α-hetero) is 1. The first-order valence-corrected chi connectivity index (χ1v) is 10.9. The normalized spacial score (nSPS) is 19.8. The van der Waals surface area contributed by atoms with Crippen molar-refractivity contribution in [2.75, 3.05) is 6.54 Å². The Hall–Kier alpha value is -3.18. The number of carbonyl (C=O) groups excluding carboxylic acids is 1. The minimum absolute atomic E-state index is 0.0517. The second kappa shape index (κ2) is 7.45. The van der Waals surface area contributed by atoms with Crippen LogP contribution in [0.2, 0.25) is 5.02 Å². The monoisotopic (exact) mass is 449 g/mol. The van der Waals surface area contributed by atoms with E-state index in [0.717, 1.165) is 27.2 Å². The third-order valence-corrected chi connectivity index (χ3v) is 7.34. The average molecular weight is 450 g/mol. The summed E-state index contributed by atoms with van der Waals surface area (Å²) in [7, 11) is 0. The molecule has 2 aliphatic rings. The summed E-state index contributed by atoms with van der Waals surface area (Å²) in [6.45, 7) is 1.71. The Balaban J connectivity index is 1.76. The van der Waals surface area contributed by atoms with Crippen LogP contribution < -0.4 is 0 Å². The topological polar surface area (TPSA) is 57.6 Å². The van der Waals surface area contributed by atoms with E-state index in [4.69, 9.17) is 11.6 Å². The summed E-state index contributed by atoms with van der Waals surface area (Å²) in [6, 6.07) is 18.4. The van der Waals surface area contributed by atoms with E-state index in [2.05, 4.69) is 0 Å². The molecule has 3 aromatic carbocycles. The van der Waals surface area contributed by atoms with E-state index < -0.39 is 17.4 Å². The van der Waals surface area contributed by atoms with Crippen LogP contribution >= 0.6 is 11.6 Å². The zero-order valence-corrected chi connectivity index (χ0v) is 18.2. The zero-order chi connectivity index (χ0) is 22.6. The number of ketones is 1. The zero-order valence-electron chi connectivity index (χ0n) is 17.4. The summed E-state index contributed by atoms with van der Waals surface area (Å²) in [4.78, 5) is 27.0. The molecule has 5 rings (SSSR count). The van der Waals surface area contributed by atoms with E-state index >= 15 is 0 Å². The lowest BCUT2D eigenvalue weighted by molar-refractivity contribution is -0.125. The van der Waals surface area contributed by atoms with Gasteiger partial charge in [-0.15, -0.1) is 0 Å². The quantitative estimate of drug-likeness (QED) is 0.522. The van der Waals surface area contributed by atoms with E-state index in [1.807, 2.05) is 48.5 Å². The predicted molar refractivity (Wildman–Crippen MR) is 121 cm³/mol. The smallest absolute Gasteiger partial charge is 0.408 e. The van der Waals surface area contributed by atoms with Gasteiger partial charge in [0.25, 0.3) is 0 Å². The number of hydrogen-bond acceptors (Lipinski definition) is 2. The number of fused-ring (bicyclic) bond motifs is 3. The van der Waals surface area contributed by atoms with Crippen molar-refractivity contribution in [3.63, 3.8) is 0 Å². The summed E-state index contributed by atoms with van der Waals surface area (Å²) in [5.41, 5.74) is 3.32. The summed E-state index contributed by atoms with van der Waals surface area (Å²) in [5.74, 6) is -1.03. The lowest BCUT2D eigenvalue weighted by atomic mass is 9.75. The van der Waals surface area contributed by atoms with Crippen LogP contribution in [-0.2, 0) is 10.3 Å². The summed E-state index contributed by atoms with van der Waals surface area (Å²) >= 11 is 6.62. The number of nitrogens with zero attached hydrogens (tertiary/aromatic N) is 1. The molecule has 1 aliphatic carbocycles.